The zero-order valence-corrected chi connectivity index (χ0v) is 27.2. The maximum absolute atomic E-state index is 12.8. The molecule has 4 nitrogen and oxygen atoms in total. The number of unbranched alkanes of at least 4 members (excludes halogenated alkanes) is 7. The molecule has 43 heavy (non-hydrogen) atoms. The number of carbonyl (C=O) groups is 2. The topological polar surface area (TPSA) is 52.6 Å². The van der Waals surface area contributed by atoms with Gasteiger partial charge >= 0.3 is 201 Å². The van der Waals surface area contributed by atoms with E-state index in [9.17, 15) is 9.59 Å². The number of ether oxygens (including phenoxy) is 2. The molecule has 1 aliphatic carbocycles. The summed E-state index contributed by atoms with van der Waals surface area (Å²) in [6.45, 7) is 1.63. The number of benzene rings is 3. The third-order valence-corrected chi connectivity index (χ3v) is 15.9. The molecule has 4 rings (SSSR count). The minimum atomic E-state index is -2.65. The molecule has 0 heterocycles. The van der Waals surface area contributed by atoms with Crippen molar-refractivity contribution < 1.29 is 19.1 Å². The summed E-state index contributed by atoms with van der Waals surface area (Å²) in [7, 11) is 2.80. The summed E-state index contributed by atoms with van der Waals surface area (Å²) < 4.78 is 10.3. The Bertz CT molecular complexity index is 1340. The van der Waals surface area contributed by atoms with Gasteiger partial charge in [-0.25, -0.2) is 0 Å². The quantitative estimate of drug-likeness (QED) is 0.0967. The molecular weight excluding hydrogens is 551 g/mol. The van der Waals surface area contributed by atoms with E-state index in [2.05, 4.69) is 97.7 Å². The van der Waals surface area contributed by atoms with Gasteiger partial charge in [-0.15, -0.1) is 0 Å². The molecule has 0 radical (unpaired) electrons. The van der Waals surface area contributed by atoms with Crippen LogP contribution in [0.15, 0.2) is 114 Å². The van der Waals surface area contributed by atoms with E-state index in [-0.39, 0.29) is 23.1 Å². The van der Waals surface area contributed by atoms with Crippen LogP contribution >= 0.6 is 6.60 Å². The van der Waals surface area contributed by atoms with Crippen LogP contribution in [0.5, 0.6) is 0 Å². The first-order valence-electron chi connectivity index (χ1n) is 15.7. The molecule has 0 aromatic heterocycles. The summed E-state index contributed by atoms with van der Waals surface area (Å²) in [5, 5.41) is 4.38. The number of methoxy groups -OCH3 is 2. The number of hydrogen-bond donors (Lipinski definition) is 0. The Labute approximate surface area is 258 Å². The summed E-state index contributed by atoms with van der Waals surface area (Å²) in [6.07, 6.45) is 10.9. The Hall–Kier alpha value is -3.49. The van der Waals surface area contributed by atoms with E-state index in [1.165, 1.54) is 62.2 Å². The molecule has 3 aromatic rings. The van der Waals surface area contributed by atoms with Crippen molar-refractivity contribution in [1.82, 2.24) is 0 Å². The maximum atomic E-state index is 12.8. The van der Waals surface area contributed by atoms with E-state index < -0.39 is 6.60 Å². The molecule has 3 aromatic carbocycles. The average molecular weight is 599 g/mol. The summed E-state index contributed by atoms with van der Waals surface area (Å²) in [4.78, 5) is 25.4. The summed E-state index contributed by atoms with van der Waals surface area (Å²) >= 11 is 0. The summed E-state index contributed by atoms with van der Waals surface area (Å²) in [6, 6.07) is 33.6. The van der Waals surface area contributed by atoms with Gasteiger partial charge in [0.15, 0.2) is 0 Å². The van der Waals surface area contributed by atoms with Crippen molar-refractivity contribution in [2.75, 3.05) is 27.0 Å². The Morgan fingerprint density at radius 3 is 1.33 bits per heavy atom. The summed E-state index contributed by atoms with van der Waals surface area (Å²) in [5.74, 6) is -0.424. The van der Waals surface area contributed by atoms with Crippen molar-refractivity contribution in [2.24, 2.45) is 0 Å². The molecule has 1 aliphatic rings. The number of hydrogen-bond acceptors (Lipinski definition) is 4. The van der Waals surface area contributed by atoms with E-state index in [1.807, 2.05) is 0 Å². The van der Waals surface area contributed by atoms with Crippen molar-refractivity contribution in [2.45, 2.75) is 64.7 Å². The Balaban J connectivity index is 1.30. The molecule has 0 atom stereocenters. The molecule has 0 bridgehead atoms. The average Bonchev–Trinajstić information content (AvgIpc) is 3.06. The Morgan fingerprint density at radius 2 is 0.907 bits per heavy atom. The van der Waals surface area contributed by atoms with Crippen molar-refractivity contribution in [3.8, 4) is 0 Å². The monoisotopic (exact) mass is 598 g/mol. The SMILES string of the molecule is COC1=C(OC)C(=O)C(CCCCCCCCCCP(C)(c2ccccc2)(c2ccccc2)c2ccccc2)=C(C)C1=O. The van der Waals surface area contributed by atoms with Crippen LogP contribution in [-0.4, -0.2) is 38.6 Å². The smallest absolute Gasteiger partial charge is 0.285 e. The van der Waals surface area contributed by atoms with Crippen molar-refractivity contribution in [3.63, 3.8) is 0 Å². The second kappa shape index (κ2) is 14.8. The molecule has 0 unspecified atom stereocenters. The van der Waals surface area contributed by atoms with E-state index >= 15 is 0 Å². The van der Waals surface area contributed by atoms with Gasteiger partial charge < -0.3 is 9.47 Å². The van der Waals surface area contributed by atoms with E-state index in [0.717, 1.165) is 25.4 Å². The second-order valence-electron chi connectivity index (χ2n) is 11.9. The van der Waals surface area contributed by atoms with Gasteiger partial charge in [-0.2, -0.15) is 0 Å². The molecule has 0 aliphatic heterocycles. The minimum Gasteiger partial charge on any atom is -0.285 e. The number of carbonyl (C=O) groups excluding carboxylic acids is 2. The fourth-order valence-electron chi connectivity index (χ4n) is 6.69. The Morgan fingerprint density at radius 1 is 0.535 bits per heavy atom. The third-order valence-electron chi connectivity index (χ3n) is 9.35. The predicted molar refractivity (Wildman–Crippen MR) is 181 cm³/mol. The van der Waals surface area contributed by atoms with Crippen LogP contribution in [0.2, 0.25) is 0 Å². The zero-order valence-electron chi connectivity index (χ0n) is 26.3. The first-order valence-corrected chi connectivity index (χ1v) is 18.5. The fraction of sp³-hybridized carbons (Fsp3) is 0.368. The van der Waals surface area contributed by atoms with Crippen molar-refractivity contribution in [3.05, 3.63) is 114 Å². The first-order chi connectivity index (χ1) is 20.9. The van der Waals surface area contributed by atoms with Gasteiger partial charge in [0, 0.05) is 0 Å². The third kappa shape index (κ3) is 6.70. The number of Topliss-reactive ketones (excluding diaryl/α,β-unsaturated/α-hetero) is 2. The van der Waals surface area contributed by atoms with Crippen LogP contribution in [-0.2, 0) is 19.1 Å². The fourth-order valence-corrected chi connectivity index (χ4v) is 12.3. The van der Waals surface area contributed by atoms with Crippen LogP contribution in [0.3, 0.4) is 0 Å². The number of ketones is 2. The van der Waals surface area contributed by atoms with E-state index in [4.69, 9.17) is 9.47 Å². The van der Waals surface area contributed by atoms with Crippen molar-refractivity contribution >= 4 is 34.1 Å². The van der Waals surface area contributed by atoms with Crippen LogP contribution in [0.4, 0.5) is 0 Å². The summed E-state index contributed by atoms with van der Waals surface area (Å²) in [5.41, 5.74) is 1.05. The zero-order chi connectivity index (χ0) is 30.7. The second-order valence-corrected chi connectivity index (χ2v) is 17.5. The normalized spacial score (nSPS) is 14.9. The molecule has 0 amide bonds. The molecule has 0 N–H and O–H groups in total. The standard InChI is InChI=1S/C38H47O4P/c1-30-34(36(40)38(42-3)37(41-2)35(30)39)28-20-9-7-5-6-8-10-21-29-43(4,31-22-14-11-15-23-31,32-24-16-12-17-25-32)33-26-18-13-19-27-33/h11-19,22-27H,5-10,20-21,28-29H2,1-4H3. The van der Waals surface area contributed by atoms with E-state index in [1.54, 1.807) is 6.92 Å². The van der Waals surface area contributed by atoms with Gasteiger partial charge in [0.1, 0.15) is 0 Å². The van der Waals surface area contributed by atoms with Gasteiger partial charge in [0.25, 0.3) is 0 Å². The first kappa shape index (κ1) is 32.4. The number of rotatable bonds is 16. The molecule has 0 spiro atoms. The van der Waals surface area contributed by atoms with Crippen molar-refractivity contribution in [1.29, 1.82) is 0 Å². The molecule has 228 valence electrons. The van der Waals surface area contributed by atoms with Gasteiger partial charge in [0.05, 0.1) is 14.2 Å². The predicted octanol–water partition coefficient (Wildman–Crippen LogP) is 7.63. The molecule has 0 fully saturated rings. The van der Waals surface area contributed by atoms with Crippen LogP contribution in [0, 0.1) is 0 Å². The van der Waals surface area contributed by atoms with Crippen LogP contribution in [0.25, 0.3) is 0 Å². The van der Waals surface area contributed by atoms with Gasteiger partial charge in [0.2, 0.25) is 17.3 Å². The molecule has 0 saturated carbocycles. The van der Waals surface area contributed by atoms with Gasteiger partial charge in [-0.1, -0.05) is 0 Å². The van der Waals surface area contributed by atoms with Crippen LogP contribution in [0.1, 0.15) is 64.7 Å². The van der Waals surface area contributed by atoms with Gasteiger partial charge in [-0.05, 0) is 6.92 Å². The number of allylic oxidation sites excluding steroid dienone is 2. The van der Waals surface area contributed by atoms with Crippen LogP contribution < -0.4 is 15.9 Å². The van der Waals surface area contributed by atoms with Gasteiger partial charge in [-0.3, -0.25) is 9.59 Å². The molecular formula is C38H47O4P. The molecule has 0 saturated heterocycles. The molecule has 5 heteroatoms. The Kier molecular flexibility index (Phi) is 11.2. The minimum absolute atomic E-state index is 0.0128. The van der Waals surface area contributed by atoms with E-state index in [0.29, 0.717) is 17.6 Å².